The second kappa shape index (κ2) is 8.33. The molecule has 7 nitrogen and oxygen atoms in total. The number of nitrogens with zero attached hydrogens (tertiary/aromatic N) is 1. The fraction of sp³-hybridized carbons (Fsp3) is 0.118. The quantitative estimate of drug-likeness (QED) is 0.626. The second-order valence-corrected chi connectivity index (χ2v) is 4.82. The van der Waals surface area contributed by atoms with E-state index in [1.165, 1.54) is 24.3 Å². The molecule has 0 aliphatic carbocycles. The van der Waals surface area contributed by atoms with Gasteiger partial charge < -0.3 is 15.2 Å². The molecule has 124 valence electrons. The van der Waals surface area contributed by atoms with Crippen LogP contribution in [0.5, 0.6) is 5.75 Å². The van der Waals surface area contributed by atoms with Gasteiger partial charge in [-0.25, -0.2) is 4.79 Å². The highest BCUT2D eigenvalue weighted by atomic mass is 16.6. The first-order chi connectivity index (χ1) is 11.6. The Labute approximate surface area is 138 Å². The van der Waals surface area contributed by atoms with Crippen LogP contribution in [0, 0.1) is 10.1 Å². The number of nitro benzene ring substituents is 1. The summed E-state index contributed by atoms with van der Waals surface area (Å²) in [5, 5.41) is 23.0. The van der Waals surface area contributed by atoms with Crippen molar-refractivity contribution in [2.75, 3.05) is 6.54 Å². The predicted octanol–water partition coefficient (Wildman–Crippen LogP) is 3.24. The number of hydrogen-bond donors (Lipinski definition) is 2. The monoisotopic (exact) mass is 328 g/mol. The second-order valence-electron chi connectivity index (χ2n) is 4.82. The van der Waals surface area contributed by atoms with Crippen LogP contribution in [0.1, 0.15) is 11.1 Å². The lowest BCUT2D eigenvalue weighted by molar-refractivity contribution is -0.385. The largest absolute Gasteiger partial charge is 0.502 e. The Morgan fingerprint density at radius 2 is 1.96 bits per heavy atom. The van der Waals surface area contributed by atoms with Crippen LogP contribution in [0.2, 0.25) is 0 Å². The molecule has 2 rings (SSSR count). The molecule has 0 atom stereocenters. The number of aromatic hydroxyl groups is 1. The molecule has 0 spiro atoms. The number of carbonyl (C=O) groups excluding carboxylic acids is 1. The van der Waals surface area contributed by atoms with Gasteiger partial charge in [0.25, 0.3) is 0 Å². The molecule has 0 heterocycles. The molecule has 0 radical (unpaired) electrons. The zero-order chi connectivity index (χ0) is 17.4. The van der Waals surface area contributed by atoms with E-state index in [1.54, 1.807) is 6.08 Å². The van der Waals surface area contributed by atoms with Crippen LogP contribution in [0.3, 0.4) is 0 Å². The van der Waals surface area contributed by atoms with Crippen molar-refractivity contribution in [3.63, 3.8) is 0 Å². The average Bonchev–Trinajstić information content (AvgIpc) is 2.58. The summed E-state index contributed by atoms with van der Waals surface area (Å²) in [5.74, 6) is -0.412. The van der Waals surface area contributed by atoms with Crippen LogP contribution in [0.4, 0.5) is 10.5 Å². The van der Waals surface area contributed by atoms with Gasteiger partial charge in [0.2, 0.25) is 5.75 Å². The first-order valence-electron chi connectivity index (χ1n) is 7.15. The van der Waals surface area contributed by atoms with Gasteiger partial charge in [0, 0.05) is 18.2 Å². The number of para-hydroxylation sites is 1. The lowest BCUT2D eigenvalue weighted by Crippen LogP contribution is -2.24. The number of hydrogen-bond acceptors (Lipinski definition) is 5. The Hall–Kier alpha value is -3.35. The molecule has 2 N–H and O–H groups in total. The van der Waals surface area contributed by atoms with Gasteiger partial charge in [-0.2, -0.15) is 0 Å². The number of amides is 1. The van der Waals surface area contributed by atoms with E-state index in [2.05, 4.69) is 5.32 Å². The normalized spacial score (nSPS) is 10.5. The van der Waals surface area contributed by atoms with Gasteiger partial charge in [-0.15, -0.1) is 0 Å². The molecule has 2 aromatic carbocycles. The lowest BCUT2D eigenvalue weighted by Gasteiger charge is -2.05. The SMILES string of the molecule is O=C(NCC=Cc1cccc([N+](=O)[O-])c1O)OCc1ccccc1. The Morgan fingerprint density at radius 1 is 1.21 bits per heavy atom. The molecule has 0 unspecified atom stereocenters. The van der Waals surface area contributed by atoms with Gasteiger partial charge in [0.15, 0.2) is 0 Å². The van der Waals surface area contributed by atoms with Gasteiger partial charge >= 0.3 is 11.8 Å². The molecular formula is C17H16N2O5. The third kappa shape index (κ3) is 4.84. The number of rotatable bonds is 6. The summed E-state index contributed by atoms with van der Waals surface area (Å²) < 4.78 is 5.03. The molecule has 2 aromatic rings. The van der Waals surface area contributed by atoms with E-state index in [1.807, 2.05) is 30.3 Å². The summed E-state index contributed by atoms with van der Waals surface area (Å²) in [6.45, 7) is 0.331. The number of alkyl carbamates (subject to hydrolysis) is 1. The first kappa shape index (κ1) is 17.0. The van der Waals surface area contributed by atoms with E-state index in [9.17, 15) is 20.0 Å². The maximum absolute atomic E-state index is 11.5. The average molecular weight is 328 g/mol. The van der Waals surface area contributed by atoms with E-state index >= 15 is 0 Å². The highest BCUT2D eigenvalue weighted by Gasteiger charge is 2.14. The third-order valence-electron chi connectivity index (χ3n) is 3.12. The van der Waals surface area contributed by atoms with Crippen LogP contribution in [-0.2, 0) is 11.3 Å². The maximum atomic E-state index is 11.5. The standard InChI is InChI=1S/C17H16N2O5/c20-16-14(8-4-10-15(16)19(22)23)9-5-11-18-17(21)24-12-13-6-2-1-3-7-13/h1-10,20H,11-12H2,(H,18,21). The van der Waals surface area contributed by atoms with Gasteiger partial charge in [0.05, 0.1) is 4.92 Å². The number of nitrogens with one attached hydrogen (secondary N) is 1. The molecule has 0 saturated carbocycles. The van der Waals surface area contributed by atoms with E-state index in [0.29, 0.717) is 5.56 Å². The van der Waals surface area contributed by atoms with Crippen LogP contribution in [0.25, 0.3) is 6.08 Å². The van der Waals surface area contributed by atoms with Crippen LogP contribution in [-0.4, -0.2) is 22.7 Å². The molecule has 0 aromatic heterocycles. The molecule has 0 bridgehead atoms. The number of nitro groups is 1. The fourth-order valence-electron chi connectivity index (χ4n) is 1.93. The van der Waals surface area contributed by atoms with Crippen molar-refractivity contribution in [3.05, 3.63) is 75.8 Å². The summed E-state index contributed by atoms with van der Waals surface area (Å²) in [7, 11) is 0. The van der Waals surface area contributed by atoms with Crippen molar-refractivity contribution >= 4 is 17.9 Å². The van der Waals surface area contributed by atoms with E-state index in [4.69, 9.17) is 4.74 Å². The Kier molecular flexibility index (Phi) is 5.90. The number of phenols is 1. The third-order valence-corrected chi connectivity index (χ3v) is 3.12. The van der Waals surface area contributed by atoms with Crippen molar-refractivity contribution < 1.29 is 19.6 Å². The summed E-state index contributed by atoms with van der Waals surface area (Å²) >= 11 is 0. The smallest absolute Gasteiger partial charge is 0.407 e. The zero-order valence-electron chi connectivity index (χ0n) is 12.7. The van der Waals surface area contributed by atoms with E-state index in [0.717, 1.165) is 5.56 Å². The maximum Gasteiger partial charge on any atom is 0.407 e. The molecule has 0 aliphatic rings. The van der Waals surface area contributed by atoms with Crippen molar-refractivity contribution in [1.29, 1.82) is 0 Å². The molecule has 7 heteroatoms. The molecule has 1 amide bonds. The predicted molar refractivity (Wildman–Crippen MR) is 88.4 cm³/mol. The lowest BCUT2D eigenvalue weighted by atomic mass is 10.1. The number of carbonyl (C=O) groups is 1. The van der Waals surface area contributed by atoms with Crippen molar-refractivity contribution in [1.82, 2.24) is 5.32 Å². The van der Waals surface area contributed by atoms with Gasteiger partial charge in [-0.3, -0.25) is 10.1 Å². The van der Waals surface area contributed by atoms with Crippen LogP contribution < -0.4 is 5.32 Å². The number of benzene rings is 2. The van der Waals surface area contributed by atoms with E-state index in [-0.39, 0.29) is 18.8 Å². The Morgan fingerprint density at radius 3 is 2.67 bits per heavy atom. The van der Waals surface area contributed by atoms with Crippen molar-refractivity contribution in [2.24, 2.45) is 0 Å². The Balaban J connectivity index is 1.81. The topological polar surface area (TPSA) is 102 Å². The minimum Gasteiger partial charge on any atom is -0.502 e. The molecule has 0 saturated heterocycles. The zero-order valence-corrected chi connectivity index (χ0v) is 12.7. The highest BCUT2D eigenvalue weighted by Crippen LogP contribution is 2.29. The fourth-order valence-corrected chi connectivity index (χ4v) is 1.93. The van der Waals surface area contributed by atoms with E-state index < -0.39 is 16.8 Å². The van der Waals surface area contributed by atoms with Crippen LogP contribution >= 0.6 is 0 Å². The van der Waals surface area contributed by atoms with Crippen LogP contribution in [0.15, 0.2) is 54.6 Å². The van der Waals surface area contributed by atoms with Gasteiger partial charge in [0.1, 0.15) is 6.61 Å². The van der Waals surface area contributed by atoms with Crippen molar-refractivity contribution in [2.45, 2.75) is 6.61 Å². The summed E-state index contributed by atoms with van der Waals surface area (Å²) in [4.78, 5) is 21.6. The highest BCUT2D eigenvalue weighted by molar-refractivity contribution is 5.68. The molecule has 24 heavy (non-hydrogen) atoms. The summed E-state index contributed by atoms with van der Waals surface area (Å²) in [6, 6.07) is 13.5. The van der Waals surface area contributed by atoms with Gasteiger partial charge in [-0.1, -0.05) is 54.6 Å². The first-order valence-corrected chi connectivity index (χ1v) is 7.15. The van der Waals surface area contributed by atoms with Gasteiger partial charge in [-0.05, 0) is 5.56 Å². The number of phenolic OH excluding ortho intramolecular Hbond substituents is 1. The number of ether oxygens (including phenoxy) is 1. The molecule has 0 aliphatic heterocycles. The minimum absolute atomic E-state index is 0.162. The summed E-state index contributed by atoms with van der Waals surface area (Å²) in [5.41, 5.74) is 0.806. The van der Waals surface area contributed by atoms with Crippen molar-refractivity contribution in [3.8, 4) is 5.75 Å². The Bertz CT molecular complexity index is 744. The molecular weight excluding hydrogens is 312 g/mol. The molecule has 0 fully saturated rings. The minimum atomic E-state index is -0.661. The summed E-state index contributed by atoms with van der Waals surface area (Å²) in [6.07, 6.45) is 2.47.